The third-order valence-electron chi connectivity index (χ3n) is 3.37. The van der Waals surface area contributed by atoms with Crippen LogP contribution in [-0.2, 0) is 4.74 Å². The van der Waals surface area contributed by atoms with Crippen LogP contribution in [0.2, 0.25) is 0 Å². The van der Waals surface area contributed by atoms with Gasteiger partial charge >= 0.3 is 0 Å². The van der Waals surface area contributed by atoms with Gasteiger partial charge in [-0.1, -0.05) is 6.07 Å². The van der Waals surface area contributed by atoms with Gasteiger partial charge in [-0.3, -0.25) is 4.99 Å². The minimum absolute atomic E-state index is 0.120. The van der Waals surface area contributed by atoms with Crippen LogP contribution >= 0.6 is 11.8 Å². The van der Waals surface area contributed by atoms with E-state index >= 15 is 0 Å². The van der Waals surface area contributed by atoms with Gasteiger partial charge < -0.3 is 20.1 Å². The Kier molecular flexibility index (Phi) is 9.64. The van der Waals surface area contributed by atoms with E-state index in [4.69, 9.17) is 9.47 Å². The van der Waals surface area contributed by atoms with Gasteiger partial charge in [-0.05, 0) is 39.2 Å². The summed E-state index contributed by atoms with van der Waals surface area (Å²) in [5, 5.41) is 6.62. The first kappa shape index (κ1) is 20.6. The molecule has 0 aromatic heterocycles. The quantitative estimate of drug-likeness (QED) is 0.382. The highest BCUT2D eigenvalue weighted by molar-refractivity contribution is 7.99. The zero-order chi connectivity index (χ0) is 17.8. The third kappa shape index (κ3) is 8.45. The molecule has 5 nitrogen and oxygen atoms in total. The fraction of sp³-hybridized carbons (Fsp3) is 0.611. The number of methoxy groups -OCH3 is 1. The Labute approximate surface area is 150 Å². The van der Waals surface area contributed by atoms with Crippen LogP contribution in [0.5, 0.6) is 5.75 Å². The zero-order valence-corrected chi connectivity index (χ0v) is 16.3. The molecule has 0 atom stereocenters. The molecule has 0 heterocycles. The van der Waals surface area contributed by atoms with Gasteiger partial charge in [0.2, 0.25) is 0 Å². The minimum atomic E-state index is 0.120. The predicted octanol–water partition coefficient (Wildman–Crippen LogP) is 3.62. The molecule has 0 unspecified atom stereocenters. The van der Waals surface area contributed by atoms with E-state index in [1.165, 1.54) is 0 Å². The summed E-state index contributed by atoms with van der Waals surface area (Å²) in [5.41, 5.74) is 0.959. The van der Waals surface area contributed by atoms with Crippen molar-refractivity contribution >= 4 is 23.4 Å². The summed E-state index contributed by atoms with van der Waals surface area (Å²) in [6.07, 6.45) is 2.99. The van der Waals surface area contributed by atoms with Crippen molar-refractivity contribution in [1.82, 2.24) is 5.32 Å². The monoisotopic (exact) mass is 353 g/mol. The Morgan fingerprint density at radius 1 is 1.29 bits per heavy atom. The summed E-state index contributed by atoms with van der Waals surface area (Å²) in [6.45, 7) is 9.37. The fourth-order valence-corrected chi connectivity index (χ4v) is 2.03. The minimum Gasteiger partial charge on any atom is -0.493 e. The largest absolute Gasteiger partial charge is 0.493 e. The number of benzene rings is 1. The number of thioether (sulfide) groups is 1. The van der Waals surface area contributed by atoms with E-state index < -0.39 is 0 Å². The van der Waals surface area contributed by atoms with Crippen molar-refractivity contribution in [3.63, 3.8) is 0 Å². The summed E-state index contributed by atoms with van der Waals surface area (Å²) >= 11 is 1.82. The predicted molar refractivity (Wildman–Crippen MR) is 106 cm³/mol. The second-order valence-corrected chi connectivity index (χ2v) is 7.52. The maximum Gasteiger partial charge on any atom is 0.195 e. The molecule has 0 amide bonds. The average molecular weight is 354 g/mol. The second-order valence-electron chi connectivity index (χ2n) is 6.01. The van der Waals surface area contributed by atoms with Crippen LogP contribution in [0, 0.1) is 0 Å². The molecule has 0 aliphatic carbocycles. The van der Waals surface area contributed by atoms with Crippen LogP contribution in [0.15, 0.2) is 29.3 Å². The summed E-state index contributed by atoms with van der Waals surface area (Å²) in [4.78, 5) is 4.68. The molecule has 0 radical (unpaired) electrons. The number of ether oxygens (including phenoxy) is 2. The van der Waals surface area contributed by atoms with E-state index in [9.17, 15) is 0 Å². The number of hydrogen-bond donors (Lipinski definition) is 2. The smallest absolute Gasteiger partial charge is 0.195 e. The van der Waals surface area contributed by atoms with Gasteiger partial charge in [0, 0.05) is 43.2 Å². The number of nitrogens with one attached hydrogen (secondary N) is 2. The normalized spacial score (nSPS) is 12.1. The number of aliphatic imine (C=N–C) groups is 1. The molecule has 0 fully saturated rings. The second kappa shape index (κ2) is 11.2. The van der Waals surface area contributed by atoms with Crippen LogP contribution < -0.4 is 15.4 Å². The molecule has 0 aliphatic heterocycles. The van der Waals surface area contributed by atoms with Crippen molar-refractivity contribution in [2.75, 3.05) is 45.0 Å². The van der Waals surface area contributed by atoms with Gasteiger partial charge in [0.1, 0.15) is 5.75 Å². The molecule has 0 saturated heterocycles. The van der Waals surface area contributed by atoms with Crippen LogP contribution in [-0.4, -0.2) is 50.4 Å². The van der Waals surface area contributed by atoms with Gasteiger partial charge in [-0.2, -0.15) is 11.8 Å². The number of anilines is 1. The van der Waals surface area contributed by atoms with E-state index in [1.807, 2.05) is 36.0 Å². The number of rotatable bonds is 10. The lowest BCUT2D eigenvalue weighted by Gasteiger charge is -2.20. The van der Waals surface area contributed by atoms with Crippen molar-refractivity contribution < 1.29 is 9.47 Å². The first-order valence-corrected chi connectivity index (χ1v) is 9.55. The summed E-state index contributed by atoms with van der Waals surface area (Å²) in [7, 11) is 1.70. The van der Waals surface area contributed by atoms with Crippen molar-refractivity contribution in [2.45, 2.75) is 31.9 Å². The molecule has 0 saturated carbocycles. The fourth-order valence-electron chi connectivity index (χ4n) is 1.83. The molecule has 1 aromatic carbocycles. The van der Waals surface area contributed by atoms with Crippen LogP contribution in [0.25, 0.3) is 0 Å². The molecule has 6 heteroatoms. The molecule has 0 bridgehead atoms. The zero-order valence-electron chi connectivity index (χ0n) is 15.5. The molecular weight excluding hydrogens is 322 g/mol. The Balaban J connectivity index is 2.67. The van der Waals surface area contributed by atoms with Gasteiger partial charge in [0.05, 0.1) is 13.2 Å². The number of hydrogen-bond acceptors (Lipinski definition) is 4. The average Bonchev–Trinajstić information content (AvgIpc) is 2.57. The van der Waals surface area contributed by atoms with Crippen LogP contribution in [0.1, 0.15) is 27.2 Å². The topological polar surface area (TPSA) is 54.9 Å². The van der Waals surface area contributed by atoms with E-state index in [0.29, 0.717) is 13.2 Å². The van der Waals surface area contributed by atoms with Gasteiger partial charge in [-0.25, -0.2) is 0 Å². The van der Waals surface area contributed by atoms with Crippen LogP contribution in [0.4, 0.5) is 5.69 Å². The van der Waals surface area contributed by atoms with Crippen molar-refractivity contribution in [3.05, 3.63) is 24.3 Å². The summed E-state index contributed by atoms with van der Waals surface area (Å²) < 4.78 is 10.9. The summed E-state index contributed by atoms with van der Waals surface area (Å²) in [5.74, 6) is 1.63. The lowest BCUT2D eigenvalue weighted by molar-refractivity contribution is 0.172. The van der Waals surface area contributed by atoms with Crippen molar-refractivity contribution in [3.8, 4) is 5.75 Å². The third-order valence-corrected chi connectivity index (χ3v) is 4.61. The Morgan fingerprint density at radius 2 is 2.08 bits per heavy atom. The molecule has 1 aromatic rings. The SMILES string of the molecule is CCNC(=NCC(C)(C)SC)Nc1cccc(OCCCOC)c1. The highest BCUT2D eigenvalue weighted by atomic mass is 32.2. The van der Waals surface area contributed by atoms with Gasteiger partial charge in [0.25, 0.3) is 0 Å². The van der Waals surface area contributed by atoms with Gasteiger partial charge in [-0.15, -0.1) is 0 Å². The van der Waals surface area contributed by atoms with E-state index in [-0.39, 0.29) is 4.75 Å². The van der Waals surface area contributed by atoms with Gasteiger partial charge in [0.15, 0.2) is 5.96 Å². The molecule has 2 N–H and O–H groups in total. The lowest BCUT2D eigenvalue weighted by atomic mass is 10.2. The summed E-state index contributed by atoms with van der Waals surface area (Å²) in [6, 6.07) is 7.93. The molecule has 0 aliphatic rings. The van der Waals surface area contributed by atoms with E-state index in [1.54, 1.807) is 7.11 Å². The first-order valence-electron chi connectivity index (χ1n) is 8.33. The molecule has 1 rings (SSSR count). The maximum absolute atomic E-state index is 5.74. The molecule has 136 valence electrons. The maximum atomic E-state index is 5.74. The van der Waals surface area contributed by atoms with E-state index in [2.05, 4.69) is 42.7 Å². The van der Waals surface area contributed by atoms with Crippen molar-refractivity contribution in [1.29, 1.82) is 0 Å². The molecule has 0 spiro atoms. The van der Waals surface area contributed by atoms with E-state index in [0.717, 1.165) is 36.9 Å². The Bertz CT molecular complexity index is 507. The van der Waals surface area contributed by atoms with Crippen LogP contribution in [0.3, 0.4) is 0 Å². The lowest BCUT2D eigenvalue weighted by Crippen LogP contribution is -2.32. The Morgan fingerprint density at radius 3 is 2.75 bits per heavy atom. The molecule has 24 heavy (non-hydrogen) atoms. The first-order chi connectivity index (χ1) is 11.5. The highest BCUT2D eigenvalue weighted by Gasteiger charge is 2.15. The molecular formula is C18H31N3O2S. The highest BCUT2D eigenvalue weighted by Crippen LogP contribution is 2.21. The number of guanidine groups is 1. The Hall–Kier alpha value is -1.40. The van der Waals surface area contributed by atoms with Crippen molar-refractivity contribution in [2.24, 2.45) is 4.99 Å². The standard InChI is InChI=1S/C18H31N3O2S/c1-6-19-17(20-14-18(2,3)24-5)21-15-9-7-10-16(13-15)23-12-8-11-22-4/h7,9-10,13H,6,8,11-12,14H2,1-5H3,(H2,19,20,21). The number of nitrogens with zero attached hydrogens (tertiary/aromatic N) is 1.